The zero-order valence-corrected chi connectivity index (χ0v) is 13.8. The molecule has 2 aromatic heterocycles. The van der Waals surface area contributed by atoms with Gasteiger partial charge in [-0.15, -0.1) is 5.10 Å². The van der Waals surface area contributed by atoms with Gasteiger partial charge in [-0.3, -0.25) is 9.48 Å². The van der Waals surface area contributed by atoms with Crippen molar-refractivity contribution in [3.63, 3.8) is 0 Å². The summed E-state index contributed by atoms with van der Waals surface area (Å²) in [6.07, 6.45) is 1.95. The highest BCUT2D eigenvalue weighted by Crippen LogP contribution is 2.21. The van der Waals surface area contributed by atoms with E-state index in [1.54, 1.807) is 4.68 Å². The predicted molar refractivity (Wildman–Crippen MR) is 88.3 cm³/mol. The predicted octanol–water partition coefficient (Wildman–Crippen LogP) is 1.45. The summed E-state index contributed by atoms with van der Waals surface area (Å²) in [4.78, 5) is 12.9. The number of nitrogens with zero attached hydrogens (tertiary/aromatic N) is 6. The monoisotopic (exact) mass is 325 g/mol. The molecule has 0 saturated heterocycles. The molecular weight excluding hydrogens is 306 g/mol. The molecule has 0 unspecified atom stereocenters. The molecule has 8 nitrogen and oxygen atoms in total. The lowest BCUT2D eigenvalue weighted by molar-refractivity contribution is -0.119. The molecule has 3 aromatic rings. The molecule has 0 radical (unpaired) electrons. The number of amides is 1. The summed E-state index contributed by atoms with van der Waals surface area (Å²) >= 11 is 0. The van der Waals surface area contributed by atoms with Gasteiger partial charge in [-0.05, 0) is 29.8 Å². The van der Waals surface area contributed by atoms with Crippen LogP contribution < -0.4 is 5.32 Å². The average molecular weight is 325 g/mol. The number of tetrazole rings is 1. The highest BCUT2D eigenvalue weighted by atomic mass is 16.2. The van der Waals surface area contributed by atoms with Crippen molar-refractivity contribution < 1.29 is 4.79 Å². The number of hydrogen-bond acceptors (Lipinski definition) is 5. The van der Waals surface area contributed by atoms with Crippen LogP contribution in [0, 0.1) is 13.8 Å². The lowest BCUT2D eigenvalue weighted by Gasteiger charge is -2.16. The van der Waals surface area contributed by atoms with Crippen molar-refractivity contribution in [2.75, 3.05) is 5.32 Å². The van der Waals surface area contributed by atoms with Gasteiger partial charge in [0.2, 0.25) is 5.91 Å². The maximum Gasteiger partial charge on any atom is 0.249 e. The topological polar surface area (TPSA) is 90.5 Å². The quantitative estimate of drug-likeness (QED) is 0.766. The zero-order valence-electron chi connectivity index (χ0n) is 13.8. The number of aromatic nitrogens is 6. The Balaban J connectivity index is 1.86. The maximum absolute atomic E-state index is 12.9. The van der Waals surface area contributed by atoms with Gasteiger partial charge >= 0.3 is 0 Å². The van der Waals surface area contributed by atoms with Crippen LogP contribution in [0.2, 0.25) is 0 Å². The highest BCUT2D eigenvalue weighted by Gasteiger charge is 2.24. The minimum atomic E-state index is -0.540. The Morgan fingerprint density at radius 2 is 2.00 bits per heavy atom. The van der Waals surface area contributed by atoms with E-state index >= 15 is 0 Å². The van der Waals surface area contributed by atoms with E-state index in [-0.39, 0.29) is 5.91 Å². The van der Waals surface area contributed by atoms with Gasteiger partial charge in [0.05, 0.1) is 17.1 Å². The standard InChI is InChI=1S/C16H19N7O/c1-11-15(12(2)22(3)19-11)18-16(24)14(23-10-17-20-21-23)9-13-7-5-4-6-8-13/h4-8,10,14H,9H2,1-3H3,(H,18,24)/t14-/m0/s1. The molecule has 0 bridgehead atoms. The summed E-state index contributed by atoms with van der Waals surface area (Å²) < 4.78 is 3.22. The Hall–Kier alpha value is -3.03. The van der Waals surface area contributed by atoms with Crippen molar-refractivity contribution in [1.29, 1.82) is 0 Å². The normalized spacial score (nSPS) is 12.1. The molecule has 24 heavy (non-hydrogen) atoms. The van der Waals surface area contributed by atoms with Crippen LogP contribution in [0.25, 0.3) is 0 Å². The first-order valence-corrected chi connectivity index (χ1v) is 7.63. The minimum Gasteiger partial charge on any atom is -0.321 e. The van der Waals surface area contributed by atoms with Crippen LogP contribution in [0.5, 0.6) is 0 Å². The van der Waals surface area contributed by atoms with E-state index in [4.69, 9.17) is 0 Å². The summed E-state index contributed by atoms with van der Waals surface area (Å²) in [6, 6.07) is 9.24. The van der Waals surface area contributed by atoms with Crippen LogP contribution in [0.3, 0.4) is 0 Å². The summed E-state index contributed by atoms with van der Waals surface area (Å²) in [7, 11) is 1.85. The van der Waals surface area contributed by atoms with Crippen molar-refractivity contribution in [3.05, 3.63) is 53.6 Å². The van der Waals surface area contributed by atoms with Gasteiger partial charge in [-0.25, -0.2) is 4.68 Å². The Bertz CT molecular complexity index is 824. The largest absolute Gasteiger partial charge is 0.321 e. The molecule has 0 aliphatic rings. The molecule has 1 aromatic carbocycles. The summed E-state index contributed by atoms with van der Waals surface area (Å²) in [5.74, 6) is -0.176. The molecule has 0 saturated carbocycles. The van der Waals surface area contributed by atoms with Gasteiger partial charge < -0.3 is 5.32 Å². The Morgan fingerprint density at radius 3 is 2.58 bits per heavy atom. The second-order valence-electron chi connectivity index (χ2n) is 5.65. The highest BCUT2D eigenvalue weighted by molar-refractivity contribution is 5.94. The fourth-order valence-electron chi connectivity index (χ4n) is 2.62. The SMILES string of the molecule is Cc1nn(C)c(C)c1NC(=O)[C@H](Cc1ccccc1)n1cnnn1. The van der Waals surface area contributed by atoms with E-state index in [1.807, 2.05) is 51.2 Å². The van der Waals surface area contributed by atoms with Gasteiger partial charge in [-0.2, -0.15) is 5.10 Å². The zero-order chi connectivity index (χ0) is 17.1. The lowest BCUT2D eigenvalue weighted by atomic mass is 10.1. The molecule has 1 amide bonds. The van der Waals surface area contributed by atoms with E-state index < -0.39 is 6.04 Å². The number of benzene rings is 1. The van der Waals surface area contributed by atoms with Gasteiger partial charge in [0.15, 0.2) is 0 Å². The van der Waals surface area contributed by atoms with Crippen LogP contribution in [-0.2, 0) is 18.3 Å². The van der Waals surface area contributed by atoms with Gasteiger partial charge in [0, 0.05) is 13.5 Å². The number of anilines is 1. The van der Waals surface area contributed by atoms with Crippen LogP contribution in [0.1, 0.15) is 23.0 Å². The molecule has 3 rings (SSSR count). The van der Waals surface area contributed by atoms with Gasteiger partial charge in [0.1, 0.15) is 12.4 Å². The summed E-state index contributed by atoms with van der Waals surface area (Å²) in [6.45, 7) is 3.78. The second-order valence-corrected chi connectivity index (χ2v) is 5.65. The third-order valence-electron chi connectivity index (χ3n) is 4.02. The third kappa shape index (κ3) is 3.17. The van der Waals surface area contributed by atoms with Crippen molar-refractivity contribution in [3.8, 4) is 0 Å². The Labute approximate surface area is 139 Å². The molecule has 1 atom stereocenters. The Kier molecular flexibility index (Phi) is 4.37. The van der Waals surface area contributed by atoms with Crippen LogP contribution in [0.15, 0.2) is 36.7 Å². The fourth-order valence-corrected chi connectivity index (χ4v) is 2.62. The first kappa shape index (κ1) is 15.9. The average Bonchev–Trinajstić information content (AvgIpc) is 3.18. The van der Waals surface area contributed by atoms with E-state index in [0.717, 1.165) is 22.6 Å². The van der Waals surface area contributed by atoms with E-state index in [1.165, 1.54) is 11.0 Å². The molecule has 124 valence electrons. The molecule has 1 N–H and O–H groups in total. The molecule has 0 aliphatic carbocycles. The van der Waals surface area contributed by atoms with Crippen molar-refractivity contribution in [2.45, 2.75) is 26.3 Å². The van der Waals surface area contributed by atoms with Crippen molar-refractivity contribution >= 4 is 11.6 Å². The smallest absolute Gasteiger partial charge is 0.249 e. The maximum atomic E-state index is 12.9. The molecule has 0 fully saturated rings. The third-order valence-corrected chi connectivity index (χ3v) is 4.02. The van der Waals surface area contributed by atoms with Crippen molar-refractivity contribution in [1.82, 2.24) is 30.0 Å². The van der Waals surface area contributed by atoms with Crippen molar-refractivity contribution in [2.24, 2.45) is 7.05 Å². The first-order valence-electron chi connectivity index (χ1n) is 7.63. The lowest BCUT2D eigenvalue weighted by Crippen LogP contribution is -2.28. The van der Waals surface area contributed by atoms with Gasteiger partial charge in [-0.1, -0.05) is 30.3 Å². The Morgan fingerprint density at radius 1 is 1.25 bits per heavy atom. The minimum absolute atomic E-state index is 0.176. The fraction of sp³-hybridized carbons (Fsp3) is 0.312. The van der Waals surface area contributed by atoms with Crippen LogP contribution in [0.4, 0.5) is 5.69 Å². The summed E-state index contributed by atoms with van der Waals surface area (Å²) in [5, 5.41) is 18.5. The molecule has 0 spiro atoms. The van der Waals surface area contributed by atoms with Crippen LogP contribution in [-0.4, -0.2) is 35.9 Å². The number of aryl methyl sites for hydroxylation is 2. The van der Waals surface area contributed by atoms with Crippen LogP contribution >= 0.6 is 0 Å². The molecular formula is C16H19N7O. The van der Waals surface area contributed by atoms with E-state index in [0.29, 0.717) is 6.42 Å². The van der Waals surface area contributed by atoms with E-state index in [9.17, 15) is 4.79 Å². The number of rotatable bonds is 5. The molecule has 0 aliphatic heterocycles. The number of carbonyl (C=O) groups is 1. The summed E-state index contributed by atoms with van der Waals surface area (Å²) in [5.41, 5.74) is 3.44. The van der Waals surface area contributed by atoms with E-state index in [2.05, 4.69) is 25.9 Å². The molecule has 8 heteroatoms. The molecule has 2 heterocycles. The first-order chi connectivity index (χ1) is 11.6. The number of nitrogens with one attached hydrogen (secondary N) is 1. The number of hydrogen-bond donors (Lipinski definition) is 1. The number of carbonyl (C=O) groups excluding carboxylic acids is 1. The van der Waals surface area contributed by atoms with Gasteiger partial charge in [0.25, 0.3) is 0 Å². The second kappa shape index (κ2) is 6.61.